The SMILES string of the molecule is Cc1cc(C(=O)NCc2ccccc2F)ccc1O. The second-order valence-corrected chi connectivity index (χ2v) is 4.28. The van der Waals surface area contributed by atoms with Gasteiger partial charge < -0.3 is 10.4 Å². The third-order valence-corrected chi connectivity index (χ3v) is 2.86. The number of hydrogen-bond acceptors (Lipinski definition) is 2. The number of carbonyl (C=O) groups excluding carboxylic acids is 1. The zero-order valence-electron chi connectivity index (χ0n) is 10.5. The number of halogens is 1. The van der Waals surface area contributed by atoms with E-state index in [1.54, 1.807) is 31.2 Å². The lowest BCUT2D eigenvalue weighted by Gasteiger charge is -2.07. The fourth-order valence-electron chi connectivity index (χ4n) is 1.72. The second kappa shape index (κ2) is 5.52. The number of aryl methyl sites for hydroxylation is 1. The second-order valence-electron chi connectivity index (χ2n) is 4.28. The van der Waals surface area contributed by atoms with Crippen LogP contribution in [0.2, 0.25) is 0 Å². The first kappa shape index (κ1) is 13.1. The standard InChI is InChI=1S/C15H14FNO2/c1-10-8-11(6-7-14(10)18)15(19)17-9-12-4-2-3-5-13(12)16/h2-8,18H,9H2,1H3,(H,17,19). The Hall–Kier alpha value is -2.36. The lowest BCUT2D eigenvalue weighted by molar-refractivity contribution is 0.0950. The summed E-state index contributed by atoms with van der Waals surface area (Å²) < 4.78 is 13.4. The first-order chi connectivity index (χ1) is 9.08. The minimum atomic E-state index is -0.343. The van der Waals surface area contributed by atoms with Gasteiger partial charge in [0, 0.05) is 17.7 Å². The highest BCUT2D eigenvalue weighted by Gasteiger charge is 2.08. The molecule has 2 rings (SSSR count). The highest BCUT2D eigenvalue weighted by molar-refractivity contribution is 5.94. The van der Waals surface area contributed by atoms with Crippen LogP contribution in [0, 0.1) is 12.7 Å². The predicted molar refractivity (Wildman–Crippen MR) is 70.4 cm³/mol. The Balaban J connectivity index is 2.05. The molecule has 0 radical (unpaired) electrons. The molecule has 4 heteroatoms. The molecule has 0 aliphatic rings. The lowest BCUT2D eigenvalue weighted by atomic mass is 10.1. The molecule has 2 N–H and O–H groups in total. The van der Waals surface area contributed by atoms with E-state index in [0.717, 1.165) is 0 Å². The molecule has 0 saturated heterocycles. The molecule has 0 unspecified atom stereocenters. The van der Waals surface area contributed by atoms with Gasteiger partial charge in [0.05, 0.1) is 0 Å². The van der Waals surface area contributed by atoms with Crippen LogP contribution < -0.4 is 5.32 Å². The van der Waals surface area contributed by atoms with Crippen LogP contribution in [0.1, 0.15) is 21.5 Å². The molecule has 0 heterocycles. The summed E-state index contributed by atoms with van der Waals surface area (Å²) in [6, 6.07) is 10.9. The van der Waals surface area contributed by atoms with E-state index in [-0.39, 0.29) is 24.0 Å². The molecule has 0 bridgehead atoms. The Morgan fingerprint density at radius 3 is 2.68 bits per heavy atom. The monoisotopic (exact) mass is 259 g/mol. The van der Waals surface area contributed by atoms with Crippen molar-refractivity contribution in [2.24, 2.45) is 0 Å². The number of amides is 1. The Morgan fingerprint density at radius 1 is 1.26 bits per heavy atom. The summed E-state index contributed by atoms with van der Waals surface area (Å²) >= 11 is 0. The Bertz CT molecular complexity index is 611. The number of rotatable bonds is 3. The molecule has 1 amide bonds. The molecular weight excluding hydrogens is 245 g/mol. The van der Waals surface area contributed by atoms with Crippen molar-refractivity contribution in [3.05, 3.63) is 65.0 Å². The van der Waals surface area contributed by atoms with Gasteiger partial charge in [-0.05, 0) is 36.8 Å². The molecule has 2 aromatic carbocycles. The number of carbonyl (C=O) groups is 1. The van der Waals surface area contributed by atoms with Crippen molar-refractivity contribution in [1.82, 2.24) is 5.32 Å². The minimum Gasteiger partial charge on any atom is -0.508 e. The zero-order valence-corrected chi connectivity index (χ0v) is 10.5. The summed E-state index contributed by atoms with van der Waals surface area (Å²) in [6.45, 7) is 1.84. The van der Waals surface area contributed by atoms with Crippen LogP contribution in [0.25, 0.3) is 0 Å². The third kappa shape index (κ3) is 3.10. The number of hydrogen-bond donors (Lipinski definition) is 2. The third-order valence-electron chi connectivity index (χ3n) is 2.86. The van der Waals surface area contributed by atoms with E-state index in [2.05, 4.69) is 5.32 Å². The number of phenolic OH excluding ortho intramolecular Hbond substituents is 1. The summed E-state index contributed by atoms with van der Waals surface area (Å²) in [4.78, 5) is 11.9. The maximum atomic E-state index is 13.4. The Labute approximate surface area is 110 Å². The van der Waals surface area contributed by atoms with Gasteiger partial charge in [0.15, 0.2) is 0 Å². The number of aromatic hydroxyl groups is 1. The van der Waals surface area contributed by atoms with Gasteiger partial charge in [-0.3, -0.25) is 4.79 Å². The molecule has 0 aromatic heterocycles. The topological polar surface area (TPSA) is 49.3 Å². The van der Waals surface area contributed by atoms with Crippen molar-refractivity contribution in [3.8, 4) is 5.75 Å². The Kier molecular flexibility index (Phi) is 3.80. The van der Waals surface area contributed by atoms with Crippen molar-refractivity contribution < 1.29 is 14.3 Å². The van der Waals surface area contributed by atoms with Gasteiger partial charge in [-0.25, -0.2) is 4.39 Å². The van der Waals surface area contributed by atoms with E-state index in [1.807, 2.05) is 0 Å². The molecule has 98 valence electrons. The highest BCUT2D eigenvalue weighted by Crippen LogP contribution is 2.17. The van der Waals surface area contributed by atoms with E-state index in [4.69, 9.17) is 0 Å². The van der Waals surface area contributed by atoms with Gasteiger partial charge in [-0.15, -0.1) is 0 Å². The van der Waals surface area contributed by atoms with Crippen molar-refractivity contribution in [2.45, 2.75) is 13.5 Å². The van der Waals surface area contributed by atoms with Gasteiger partial charge in [0.25, 0.3) is 5.91 Å². The zero-order chi connectivity index (χ0) is 13.8. The van der Waals surface area contributed by atoms with Crippen LogP contribution >= 0.6 is 0 Å². The highest BCUT2D eigenvalue weighted by atomic mass is 19.1. The quantitative estimate of drug-likeness (QED) is 0.890. The fourth-order valence-corrected chi connectivity index (χ4v) is 1.72. The first-order valence-electron chi connectivity index (χ1n) is 5.89. The summed E-state index contributed by atoms with van der Waals surface area (Å²) in [5, 5.41) is 12.0. The normalized spacial score (nSPS) is 10.2. The van der Waals surface area contributed by atoms with Crippen LogP contribution in [0.4, 0.5) is 4.39 Å². The number of benzene rings is 2. The van der Waals surface area contributed by atoms with Gasteiger partial charge >= 0.3 is 0 Å². The average Bonchev–Trinajstić information content (AvgIpc) is 2.40. The van der Waals surface area contributed by atoms with E-state index in [0.29, 0.717) is 16.7 Å². The van der Waals surface area contributed by atoms with E-state index >= 15 is 0 Å². The van der Waals surface area contributed by atoms with E-state index in [9.17, 15) is 14.3 Å². The van der Waals surface area contributed by atoms with Crippen molar-refractivity contribution >= 4 is 5.91 Å². The lowest BCUT2D eigenvalue weighted by Crippen LogP contribution is -2.23. The van der Waals surface area contributed by atoms with Crippen molar-refractivity contribution in [1.29, 1.82) is 0 Å². The van der Waals surface area contributed by atoms with E-state index in [1.165, 1.54) is 18.2 Å². The van der Waals surface area contributed by atoms with Crippen LogP contribution in [0.3, 0.4) is 0 Å². The van der Waals surface area contributed by atoms with Gasteiger partial charge in [0.1, 0.15) is 11.6 Å². The maximum Gasteiger partial charge on any atom is 0.251 e. The minimum absolute atomic E-state index is 0.130. The molecule has 0 fully saturated rings. The summed E-state index contributed by atoms with van der Waals surface area (Å²) in [7, 11) is 0. The summed E-state index contributed by atoms with van der Waals surface area (Å²) in [5.74, 6) is -0.498. The fraction of sp³-hybridized carbons (Fsp3) is 0.133. The van der Waals surface area contributed by atoms with Crippen LogP contribution in [-0.2, 0) is 6.54 Å². The molecule has 2 aromatic rings. The molecule has 3 nitrogen and oxygen atoms in total. The molecule has 0 saturated carbocycles. The van der Waals surface area contributed by atoms with Crippen LogP contribution in [0.5, 0.6) is 5.75 Å². The summed E-state index contributed by atoms with van der Waals surface area (Å²) in [5.41, 5.74) is 1.50. The molecule has 0 aliphatic carbocycles. The van der Waals surface area contributed by atoms with E-state index < -0.39 is 0 Å². The molecule has 0 atom stereocenters. The maximum absolute atomic E-state index is 13.4. The van der Waals surface area contributed by atoms with Crippen LogP contribution in [0.15, 0.2) is 42.5 Å². The summed E-state index contributed by atoms with van der Waals surface area (Å²) in [6.07, 6.45) is 0. The van der Waals surface area contributed by atoms with Crippen molar-refractivity contribution in [2.75, 3.05) is 0 Å². The van der Waals surface area contributed by atoms with Crippen LogP contribution in [-0.4, -0.2) is 11.0 Å². The molecular formula is C15H14FNO2. The average molecular weight is 259 g/mol. The predicted octanol–water partition coefficient (Wildman–Crippen LogP) is 2.77. The number of nitrogens with one attached hydrogen (secondary N) is 1. The van der Waals surface area contributed by atoms with Gasteiger partial charge in [-0.2, -0.15) is 0 Å². The molecule has 0 spiro atoms. The number of phenols is 1. The largest absolute Gasteiger partial charge is 0.508 e. The Morgan fingerprint density at radius 2 is 2.00 bits per heavy atom. The van der Waals surface area contributed by atoms with Gasteiger partial charge in [-0.1, -0.05) is 18.2 Å². The molecule has 0 aliphatic heterocycles. The van der Waals surface area contributed by atoms with Gasteiger partial charge in [0.2, 0.25) is 0 Å². The first-order valence-corrected chi connectivity index (χ1v) is 5.89. The van der Waals surface area contributed by atoms with Crippen molar-refractivity contribution in [3.63, 3.8) is 0 Å². The molecule has 19 heavy (non-hydrogen) atoms. The smallest absolute Gasteiger partial charge is 0.251 e.